The van der Waals surface area contributed by atoms with Crippen LogP contribution >= 0.6 is 0 Å². The standard InChI is InChI=1S/C19H27N5O/c1-6-23-16-9-8-15(12-17(16)24(7-2)19(23)25)18-14(3)20-13-22(18)11-10-21(4)5/h8-9,12-13H,6-7,10-11H2,1-5H3. The number of rotatable bonds is 6. The lowest BCUT2D eigenvalue weighted by Crippen LogP contribution is -2.23. The fourth-order valence-corrected chi connectivity index (χ4v) is 3.41. The molecule has 3 rings (SSSR count). The van der Waals surface area contributed by atoms with Crippen molar-refractivity contribution in [2.24, 2.45) is 0 Å². The van der Waals surface area contributed by atoms with Crippen molar-refractivity contribution in [3.05, 3.63) is 40.7 Å². The van der Waals surface area contributed by atoms with Crippen molar-refractivity contribution in [1.82, 2.24) is 23.6 Å². The third-order valence-corrected chi connectivity index (χ3v) is 4.73. The fourth-order valence-electron chi connectivity index (χ4n) is 3.41. The Bertz CT molecular complexity index is 945. The van der Waals surface area contributed by atoms with Crippen LogP contribution in [0.15, 0.2) is 29.3 Å². The van der Waals surface area contributed by atoms with Crippen LogP contribution in [0.3, 0.4) is 0 Å². The van der Waals surface area contributed by atoms with E-state index in [1.165, 1.54) is 0 Å². The number of likely N-dealkylation sites (N-methyl/N-ethyl adjacent to an activating group) is 1. The van der Waals surface area contributed by atoms with E-state index in [0.717, 1.165) is 41.1 Å². The van der Waals surface area contributed by atoms with E-state index in [-0.39, 0.29) is 5.69 Å². The highest BCUT2D eigenvalue weighted by Crippen LogP contribution is 2.27. The number of imidazole rings is 2. The van der Waals surface area contributed by atoms with Crippen molar-refractivity contribution in [3.63, 3.8) is 0 Å². The highest BCUT2D eigenvalue weighted by Gasteiger charge is 2.15. The summed E-state index contributed by atoms with van der Waals surface area (Å²) in [6.07, 6.45) is 1.91. The van der Waals surface area contributed by atoms with E-state index in [1.54, 1.807) is 0 Å². The van der Waals surface area contributed by atoms with E-state index >= 15 is 0 Å². The van der Waals surface area contributed by atoms with Gasteiger partial charge in [-0.15, -0.1) is 0 Å². The Hall–Kier alpha value is -2.34. The maximum absolute atomic E-state index is 12.6. The minimum Gasteiger partial charge on any atom is -0.329 e. The van der Waals surface area contributed by atoms with Gasteiger partial charge in [0, 0.05) is 31.7 Å². The zero-order chi connectivity index (χ0) is 18.1. The molecule has 2 heterocycles. The normalized spacial score (nSPS) is 11.8. The number of aryl methyl sites for hydroxylation is 3. The van der Waals surface area contributed by atoms with Gasteiger partial charge >= 0.3 is 5.69 Å². The minimum atomic E-state index is 0.0648. The Morgan fingerprint density at radius 1 is 1.08 bits per heavy atom. The Balaban J connectivity index is 2.15. The van der Waals surface area contributed by atoms with Crippen molar-refractivity contribution in [1.29, 1.82) is 0 Å². The van der Waals surface area contributed by atoms with Crippen LogP contribution < -0.4 is 5.69 Å². The lowest BCUT2D eigenvalue weighted by Gasteiger charge is -2.13. The van der Waals surface area contributed by atoms with Gasteiger partial charge in [-0.25, -0.2) is 9.78 Å². The third kappa shape index (κ3) is 3.02. The molecule has 0 aliphatic heterocycles. The number of fused-ring (bicyclic) bond motifs is 1. The Morgan fingerprint density at radius 3 is 2.40 bits per heavy atom. The molecule has 0 unspecified atom stereocenters. The third-order valence-electron chi connectivity index (χ3n) is 4.73. The predicted octanol–water partition coefficient (Wildman–Crippen LogP) is 2.58. The molecule has 25 heavy (non-hydrogen) atoms. The molecule has 6 heteroatoms. The van der Waals surface area contributed by atoms with Gasteiger partial charge in [0.1, 0.15) is 0 Å². The molecule has 0 bridgehead atoms. The van der Waals surface area contributed by atoms with Crippen molar-refractivity contribution in [2.45, 2.75) is 40.4 Å². The molecule has 1 aromatic carbocycles. The molecule has 0 radical (unpaired) electrons. The Morgan fingerprint density at radius 2 is 1.76 bits per heavy atom. The highest BCUT2D eigenvalue weighted by atomic mass is 16.1. The summed E-state index contributed by atoms with van der Waals surface area (Å²) in [6, 6.07) is 6.29. The van der Waals surface area contributed by atoms with Gasteiger partial charge in [-0.2, -0.15) is 0 Å². The molecular weight excluding hydrogens is 314 g/mol. The number of hydrogen-bond donors (Lipinski definition) is 0. The zero-order valence-electron chi connectivity index (χ0n) is 15.8. The van der Waals surface area contributed by atoms with Crippen molar-refractivity contribution in [3.8, 4) is 11.3 Å². The summed E-state index contributed by atoms with van der Waals surface area (Å²) in [5, 5.41) is 0. The summed E-state index contributed by atoms with van der Waals surface area (Å²) in [5.41, 5.74) is 5.30. The highest BCUT2D eigenvalue weighted by molar-refractivity contribution is 5.82. The number of aromatic nitrogens is 4. The molecule has 3 aromatic rings. The lowest BCUT2D eigenvalue weighted by atomic mass is 10.1. The van der Waals surface area contributed by atoms with E-state index in [9.17, 15) is 4.79 Å². The summed E-state index contributed by atoms with van der Waals surface area (Å²) in [4.78, 5) is 19.2. The van der Waals surface area contributed by atoms with E-state index in [4.69, 9.17) is 0 Å². The van der Waals surface area contributed by atoms with Crippen molar-refractivity contribution >= 4 is 11.0 Å². The number of benzene rings is 1. The van der Waals surface area contributed by atoms with Crippen molar-refractivity contribution < 1.29 is 0 Å². The van der Waals surface area contributed by atoms with Crippen LogP contribution in [0, 0.1) is 6.92 Å². The Labute approximate surface area is 148 Å². The van der Waals surface area contributed by atoms with Gasteiger partial charge in [0.15, 0.2) is 0 Å². The molecule has 0 aliphatic carbocycles. The number of hydrogen-bond acceptors (Lipinski definition) is 3. The largest absolute Gasteiger partial charge is 0.329 e. The maximum Gasteiger partial charge on any atom is 0.329 e. The summed E-state index contributed by atoms with van der Waals surface area (Å²) < 4.78 is 5.87. The van der Waals surface area contributed by atoms with Gasteiger partial charge in [0.05, 0.1) is 28.7 Å². The molecule has 134 valence electrons. The molecule has 0 amide bonds. The van der Waals surface area contributed by atoms with Crippen LogP contribution in [0.25, 0.3) is 22.3 Å². The summed E-state index contributed by atoms with van der Waals surface area (Å²) >= 11 is 0. The van der Waals surface area contributed by atoms with Crippen LogP contribution in [0.2, 0.25) is 0 Å². The van der Waals surface area contributed by atoms with Crippen LogP contribution in [-0.2, 0) is 19.6 Å². The molecule has 0 aliphatic rings. The predicted molar refractivity (Wildman–Crippen MR) is 102 cm³/mol. The van der Waals surface area contributed by atoms with Crippen molar-refractivity contribution in [2.75, 3.05) is 20.6 Å². The average Bonchev–Trinajstić information content (AvgIpc) is 3.08. The molecule has 0 spiro atoms. The molecular formula is C19H27N5O. The van der Waals surface area contributed by atoms with Gasteiger partial charge in [-0.05, 0) is 47.0 Å². The molecule has 6 nitrogen and oxygen atoms in total. The Kier molecular flexibility index (Phi) is 4.81. The van der Waals surface area contributed by atoms with Gasteiger partial charge in [-0.3, -0.25) is 9.13 Å². The molecule has 0 saturated carbocycles. The average molecular weight is 341 g/mol. The summed E-state index contributed by atoms with van der Waals surface area (Å²) in [7, 11) is 4.14. The zero-order valence-corrected chi connectivity index (χ0v) is 15.8. The van der Waals surface area contributed by atoms with E-state index in [1.807, 2.05) is 36.2 Å². The topological polar surface area (TPSA) is 48.0 Å². The SMILES string of the molecule is CCn1c(=O)n(CC)c2cc(-c3c(C)ncn3CCN(C)C)ccc21. The first kappa shape index (κ1) is 17.5. The van der Waals surface area contributed by atoms with Gasteiger partial charge < -0.3 is 9.47 Å². The van der Waals surface area contributed by atoms with E-state index < -0.39 is 0 Å². The smallest absolute Gasteiger partial charge is 0.329 e. The quantitative estimate of drug-likeness (QED) is 0.692. The molecule has 0 N–H and O–H groups in total. The second-order valence-corrected chi connectivity index (χ2v) is 6.65. The van der Waals surface area contributed by atoms with Crippen LogP contribution in [-0.4, -0.2) is 44.2 Å². The first-order valence-corrected chi connectivity index (χ1v) is 8.87. The second kappa shape index (κ2) is 6.88. The fraction of sp³-hybridized carbons (Fsp3) is 0.474. The first-order valence-electron chi connectivity index (χ1n) is 8.87. The monoisotopic (exact) mass is 341 g/mol. The number of nitrogens with zero attached hydrogens (tertiary/aromatic N) is 5. The van der Waals surface area contributed by atoms with E-state index in [2.05, 4.69) is 46.7 Å². The second-order valence-electron chi connectivity index (χ2n) is 6.65. The molecule has 0 saturated heterocycles. The minimum absolute atomic E-state index is 0.0648. The van der Waals surface area contributed by atoms with E-state index in [0.29, 0.717) is 13.1 Å². The van der Waals surface area contributed by atoms with Crippen LogP contribution in [0.4, 0.5) is 0 Å². The van der Waals surface area contributed by atoms with Gasteiger partial charge in [0.25, 0.3) is 0 Å². The lowest BCUT2D eigenvalue weighted by molar-refractivity contribution is 0.384. The summed E-state index contributed by atoms with van der Waals surface area (Å²) in [6.45, 7) is 9.26. The maximum atomic E-state index is 12.6. The summed E-state index contributed by atoms with van der Waals surface area (Å²) in [5.74, 6) is 0. The van der Waals surface area contributed by atoms with Gasteiger partial charge in [-0.1, -0.05) is 6.07 Å². The van der Waals surface area contributed by atoms with Crippen LogP contribution in [0.1, 0.15) is 19.5 Å². The molecule has 2 aromatic heterocycles. The van der Waals surface area contributed by atoms with Crippen LogP contribution in [0.5, 0.6) is 0 Å². The molecule has 0 atom stereocenters. The first-order chi connectivity index (χ1) is 12.0. The van der Waals surface area contributed by atoms with Gasteiger partial charge in [0.2, 0.25) is 0 Å². The molecule has 0 fully saturated rings.